The van der Waals surface area contributed by atoms with E-state index in [0.717, 1.165) is 22.3 Å². The highest BCUT2D eigenvalue weighted by Crippen LogP contribution is 2.25. The van der Waals surface area contributed by atoms with E-state index in [1.54, 1.807) is 23.0 Å². The van der Waals surface area contributed by atoms with Crippen LogP contribution in [0.25, 0.3) is 11.5 Å². The second-order valence-electron chi connectivity index (χ2n) is 7.14. The summed E-state index contributed by atoms with van der Waals surface area (Å²) in [5, 5.41) is 12.1. The van der Waals surface area contributed by atoms with Crippen molar-refractivity contribution in [2.24, 2.45) is 0 Å². The first-order valence-electron chi connectivity index (χ1n) is 9.77. The van der Waals surface area contributed by atoms with Gasteiger partial charge in [0.1, 0.15) is 11.5 Å². The Bertz CT molecular complexity index is 1250. The third-order valence-electron chi connectivity index (χ3n) is 4.89. The molecule has 2 N–H and O–H groups in total. The molecule has 0 aliphatic rings. The maximum Gasteiger partial charge on any atom is 0.254 e. The number of hydrogen-bond donors (Lipinski definition) is 2. The van der Waals surface area contributed by atoms with Gasteiger partial charge in [-0.1, -0.05) is 43.0 Å². The Morgan fingerprint density at radius 1 is 1.13 bits per heavy atom. The third-order valence-corrected chi connectivity index (χ3v) is 4.89. The summed E-state index contributed by atoms with van der Waals surface area (Å²) < 4.78 is 7.60. The fraction of sp³-hybridized carbons (Fsp3) is 0.125. The maximum atomic E-state index is 12.4. The number of carbonyl (C=O) groups is 1. The molecule has 0 fully saturated rings. The summed E-state index contributed by atoms with van der Waals surface area (Å²) in [6.07, 6.45) is 6.59. The van der Waals surface area contributed by atoms with E-state index < -0.39 is 0 Å². The van der Waals surface area contributed by atoms with Crippen molar-refractivity contribution in [3.05, 3.63) is 102 Å². The number of aliphatic hydroxyl groups excluding tert-OH is 1. The number of nitrogens with one attached hydrogen (secondary N) is 1. The quantitative estimate of drug-likeness (QED) is 0.452. The lowest BCUT2D eigenvalue weighted by Crippen LogP contribution is -2.23. The Labute approximate surface area is 179 Å². The summed E-state index contributed by atoms with van der Waals surface area (Å²) in [7, 11) is 0. The number of benzene rings is 2. The van der Waals surface area contributed by atoms with Crippen LogP contribution in [0.1, 0.15) is 32.6 Å². The molecule has 2 heterocycles. The van der Waals surface area contributed by atoms with Crippen molar-refractivity contribution < 1.29 is 14.6 Å². The summed E-state index contributed by atoms with van der Waals surface area (Å²) in [5.74, 6) is 1.56. The highest BCUT2D eigenvalue weighted by Gasteiger charge is 2.09. The molecule has 0 atom stereocenters. The summed E-state index contributed by atoms with van der Waals surface area (Å²) in [4.78, 5) is 20.6. The number of fused-ring (bicyclic) bond motifs is 1. The molecule has 156 valence electrons. The maximum absolute atomic E-state index is 12.4. The minimum Gasteiger partial charge on any atom is -0.457 e. The van der Waals surface area contributed by atoms with Crippen LogP contribution in [0.5, 0.6) is 5.75 Å². The second-order valence-corrected chi connectivity index (χ2v) is 7.14. The smallest absolute Gasteiger partial charge is 0.254 e. The van der Waals surface area contributed by atoms with E-state index in [0.29, 0.717) is 29.4 Å². The molecule has 2 aromatic carbocycles. The monoisotopic (exact) mass is 414 g/mol. The van der Waals surface area contributed by atoms with Crippen LogP contribution in [0.4, 0.5) is 0 Å². The first kappa shape index (κ1) is 20.3. The van der Waals surface area contributed by atoms with Gasteiger partial charge in [0.25, 0.3) is 5.91 Å². The van der Waals surface area contributed by atoms with Gasteiger partial charge < -0.3 is 15.2 Å². The summed E-state index contributed by atoms with van der Waals surface area (Å²) in [6, 6.07) is 13.2. The van der Waals surface area contributed by atoms with Crippen LogP contribution >= 0.6 is 0 Å². The fourth-order valence-electron chi connectivity index (χ4n) is 3.14. The number of nitrogens with zero attached hydrogens (tertiary/aromatic N) is 3. The lowest BCUT2D eigenvalue weighted by Gasteiger charge is -2.13. The average Bonchev–Trinajstić information content (AvgIpc) is 3.27. The Morgan fingerprint density at radius 2 is 1.90 bits per heavy atom. The number of aromatic nitrogens is 3. The number of hydrogen-bond acceptors (Lipinski definition) is 5. The number of imidazole rings is 1. The summed E-state index contributed by atoms with van der Waals surface area (Å²) in [6.45, 7) is 6.32. The molecule has 4 rings (SSSR count). The van der Waals surface area contributed by atoms with E-state index in [9.17, 15) is 9.90 Å². The lowest BCUT2D eigenvalue weighted by atomic mass is 10.1. The SMILES string of the molecule is C=C(Oc1ccc(CO)cc1C)c1ccc(CNC(=O)c2cnc3nccn3c2)cc1. The minimum absolute atomic E-state index is 0.00521. The Kier molecular flexibility index (Phi) is 5.77. The topological polar surface area (TPSA) is 88.8 Å². The van der Waals surface area contributed by atoms with Gasteiger partial charge in [0.15, 0.2) is 0 Å². The van der Waals surface area contributed by atoms with E-state index in [2.05, 4.69) is 21.9 Å². The van der Waals surface area contributed by atoms with Crippen LogP contribution in [0.3, 0.4) is 0 Å². The highest BCUT2D eigenvalue weighted by molar-refractivity contribution is 5.93. The number of aliphatic hydroxyl groups is 1. The minimum atomic E-state index is -0.207. The van der Waals surface area contributed by atoms with Gasteiger partial charge in [-0.2, -0.15) is 0 Å². The third kappa shape index (κ3) is 4.62. The molecule has 0 saturated heterocycles. The molecule has 1 amide bonds. The van der Waals surface area contributed by atoms with Gasteiger partial charge in [0.05, 0.1) is 12.2 Å². The van der Waals surface area contributed by atoms with E-state index in [1.807, 2.05) is 49.4 Å². The van der Waals surface area contributed by atoms with Crippen molar-refractivity contribution in [1.82, 2.24) is 19.7 Å². The van der Waals surface area contributed by atoms with Crippen LogP contribution in [-0.4, -0.2) is 25.4 Å². The van der Waals surface area contributed by atoms with Crippen LogP contribution in [0, 0.1) is 6.92 Å². The zero-order valence-corrected chi connectivity index (χ0v) is 17.1. The Hall–Kier alpha value is -3.97. The van der Waals surface area contributed by atoms with Gasteiger partial charge in [-0.05, 0) is 29.7 Å². The molecule has 0 unspecified atom stereocenters. The van der Waals surface area contributed by atoms with Crippen molar-refractivity contribution in [3.8, 4) is 5.75 Å². The molecule has 31 heavy (non-hydrogen) atoms. The predicted molar refractivity (Wildman–Crippen MR) is 117 cm³/mol. The highest BCUT2D eigenvalue weighted by atomic mass is 16.5. The molecule has 0 bridgehead atoms. The standard InChI is InChI=1S/C24H22N4O3/c1-16-11-19(15-29)5-8-22(16)31-17(2)20-6-3-18(4-7-20)12-26-23(30)21-13-27-24-25-9-10-28(24)14-21/h3-11,13-14,29H,2,12,15H2,1H3,(H,26,30). The van der Waals surface area contributed by atoms with Crippen LogP contribution < -0.4 is 10.1 Å². The van der Waals surface area contributed by atoms with Gasteiger partial charge in [-0.25, -0.2) is 9.97 Å². The van der Waals surface area contributed by atoms with Crippen LogP contribution in [0.15, 0.2) is 73.8 Å². The first-order chi connectivity index (χ1) is 15.0. The molecule has 0 radical (unpaired) electrons. The van der Waals surface area contributed by atoms with Gasteiger partial charge in [0.2, 0.25) is 5.78 Å². The number of rotatable bonds is 7. The van der Waals surface area contributed by atoms with E-state index in [1.165, 1.54) is 6.20 Å². The zero-order valence-electron chi connectivity index (χ0n) is 17.1. The Balaban J connectivity index is 1.36. The van der Waals surface area contributed by atoms with Gasteiger partial charge >= 0.3 is 0 Å². The van der Waals surface area contributed by atoms with Crippen LogP contribution in [0.2, 0.25) is 0 Å². The molecule has 0 spiro atoms. The number of aryl methyl sites for hydroxylation is 1. The molecule has 0 saturated carbocycles. The van der Waals surface area contributed by atoms with Gasteiger partial charge in [0, 0.05) is 36.9 Å². The van der Waals surface area contributed by atoms with Crippen molar-refractivity contribution in [3.63, 3.8) is 0 Å². The second kappa shape index (κ2) is 8.81. The van der Waals surface area contributed by atoms with Crippen molar-refractivity contribution in [2.45, 2.75) is 20.1 Å². The van der Waals surface area contributed by atoms with E-state index >= 15 is 0 Å². The number of amides is 1. The number of ether oxygens (including phenoxy) is 1. The predicted octanol–water partition coefficient (Wildman–Crippen LogP) is 3.51. The Morgan fingerprint density at radius 3 is 2.65 bits per heavy atom. The van der Waals surface area contributed by atoms with Gasteiger partial charge in [-0.15, -0.1) is 0 Å². The molecular weight excluding hydrogens is 392 g/mol. The normalized spacial score (nSPS) is 10.8. The van der Waals surface area contributed by atoms with Crippen molar-refractivity contribution >= 4 is 17.4 Å². The summed E-state index contributed by atoms with van der Waals surface area (Å²) >= 11 is 0. The molecular formula is C24H22N4O3. The summed E-state index contributed by atoms with van der Waals surface area (Å²) in [5.41, 5.74) is 4.02. The average molecular weight is 414 g/mol. The van der Waals surface area contributed by atoms with Crippen molar-refractivity contribution in [2.75, 3.05) is 0 Å². The molecule has 0 aliphatic carbocycles. The molecule has 2 aromatic heterocycles. The molecule has 7 nitrogen and oxygen atoms in total. The zero-order chi connectivity index (χ0) is 21.8. The lowest BCUT2D eigenvalue weighted by molar-refractivity contribution is 0.0950. The van der Waals surface area contributed by atoms with Crippen LogP contribution in [-0.2, 0) is 13.2 Å². The van der Waals surface area contributed by atoms with Gasteiger partial charge in [-0.3, -0.25) is 9.20 Å². The van der Waals surface area contributed by atoms with E-state index in [4.69, 9.17) is 4.74 Å². The first-order valence-corrected chi connectivity index (χ1v) is 9.77. The fourth-order valence-corrected chi connectivity index (χ4v) is 3.14. The molecule has 7 heteroatoms. The molecule has 0 aliphatic heterocycles. The number of carbonyl (C=O) groups excluding carboxylic acids is 1. The largest absolute Gasteiger partial charge is 0.457 e. The van der Waals surface area contributed by atoms with Crippen molar-refractivity contribution in [1.29, 1.82) is 0 Å². The van der Waals surface area contributed by atoms with E-state index in [-0.39, 0.29) is 12.5 Å². The molecule has 4 aromatic rings.